The quantitative estimate of drug-likeness (QED) is 0.869. The van der Waals surface area contributed by atoms with Crippen molar-refractivity contribution in [3.63, 3.8) is 0 Å². The van der Waals surface area contributed by atoms with Crippen molar-refractivity contribution in [1.29, 1.82) is 0 Å². The Morgan fingerprint density at radius 3 is 2.56 bits per heavy atom. The Hall–Kier alpha value is -1.51. The Labute approximate surface area is 108 Å². The summed E-state index contributed by atoms with van der Waals surface area (Å²) >= 11 is 0. The van der Waals surface area contributed by atoms with E-state index < -0.39 is 0 Å². The molecule has 2 N–H and O–H groups in total. The summed E-state index contributed by atoms with van der Waals surface area (Å²) in [5.74, 6) is 1.61. The van der Waals surface area contributed by atoms with E-state index in [-0.39, 0.29) is 11.8 Å². The zero-order chi connectivity index (χ0) is 13.3. The summed E-state index contributed by atoms with van der Waals surface area (Å²) in [6.07, 6.45) is 2.88. The van der Waals surface area contributed by atoms with Crippen molar-refractivity contribution in [1.82, 2.24) is 0 Å². The van der Waals surface area contributed by atoms with Crippen LogP contribution in [0.1, 0.15) is 41.9 Å². The van der Waals surface area contributed by atoms with Crippen molar-refractivity contribution in [2.24, 2.45) is 11.7 Å². The Balaban J connectivity index is 2.35. The molecule has 1 saturated carbocycles. The molecule has 1 aliphatic carbocycles. The molecule has 0 heterocycles. The molecule has 0 aliphatic heterocycles. The summed E-state index contributed by atoms with van der Waals surface area (Å²) in [5.41, 5.74) is 8.94. The van der Waals surface area contributed by atoms with E-state index in [1.54, 1.807) is 7.11 Å². The largest absolute Gasteiger partial charge is 0.496 e. The van der Waals surface area contributed by atoms with Crippen molar-refractivity contribution in [3.05, 3.63) is 28.8 Å². The van der Waals surface area contributed by atoms with E-state index in [2.05, 4.69) is 19.1 Å². The fourth-order valence-electron chi connectivity index (χ4n) is 2.68. The van der Waals surface area contributed by atoms with Crippen molar-refractivity contribution < 1.29 is 9.53 Å². The number of amides is 1. The zero-order valence-electron chi connectivity index (χ0n) is 11.3. The number of nitrogens with two attached hydrogens (primary N) is 1. The van der Waals surface area contributed by atoms with Gasteiger partial charge in [-0.2, -0.15) is 0 Å². The highest BCUT2D eigenvalue weighted by atomic mass is 16.5. The predicted octanol–water partition coefficient (Wildman–Crippen LogP) is 2.68. The maximum absolute atomic E-state index is 11.2. The highest BCUT2D eigenvalue weighted by Gasteiger charge is 2.34. The first-order valence-corrected chi connectivity index (χ1v) is 6.46. The minimum Gasteiger partial charge on any atom is -0.496 e. The average molecular weight is 247 g/mol. The molecule has 0 spiro atoms. The first-order chi connectivity index (χ1) is 8.52. The smallest absolute Gasteiger partial charge is 0.218 e. The van der Waals surface area contributed by atoms with E-state index in [9.17, 15) is 4.79 Å². The van der Waals surface area contributed by atoms with Crippen LogP contribution in [0.4, 0.5) is 0 Å². The average Bonchev–Trinajstić information content (AvgIpc) is 3.12. The number of rotatable bonds is 5. The van der Waals surface area contributed by atoms with Gasteiger partial charge < -0.3 is 10.5 Å². The lowest BCUT2D eigenvalue weighted by Gasteiger charge is -2.19. The van der Waals surface area contributed by atoms with Crippen LogP contribution in [0.25, 0.3) is 0 Å². The van der Waals surface area contributed by atoms with Gasteiger partial charge in [-0.25, -0.2) is 0 Å². The first kappa shape index (κ1) is 12.9. The Morgan fingerprint density at radius 2 is 2.06 bits per heavy atom. The van der Waals surface area contributed by atoms with E-state index in [1.165, 1.54) is 24.0 Å². The van der Waals surface area contributed by atoms with Gasteiger partial charge in [0, 0.05) is 6.42 Å². The van der Waals surface area contributed by atoms with Crippen LogP contribution in [-0.2, 0) is 4.79 Å². The maximum Gasteiger partial charge on any atom is 0.218 e. The highest BCUT2D eigenvalue weighted by Crippen LogP contribution is 2.46. The minimum atomic E-state index is -0.209. The third-order valence-corrected chi connectivity index (χ3v) is 3.80. The monoisotopic (exact) mass is 247 g/mol. The second-order valence-electron chi connectivity index (χ2n) is 5.29. The molecule has 1 unspecified atom stereocenters. The van der Waals surface area contributed by atoms with Crippen LogP contribution >= 0.6 is 0 Å². The first-order valence-electron chi connectivity index (χ1n) is 6.46. The number of methoxy groups -OCH3 is 1. The molecule has 1 aromatic rings. The lowest BCUT2D eigenvalue weighted by atomic mass is 9.86. The molecule has 0 bridgehead atoms. The molecule has 0 saturated heterocycles. The summed E-state index contributed by atoms with van der Waals surface area (Å²) in [7, 11) is 1.68. The Morgan fingerprint density at radius 1 is 1.39 bits per heavy atom. The second kappa shape index (κ2) is 5.01. The lowest BCUT2D eigenvalue weighted by Crippen LogP contribution is -2.17. The van der Waals surface area contributed by atoms with Gasteiger partial charge in [-0.05, 0) is 61.3 Å². The van der Waals surface area contributed by atoms with Crippen LogP contribution in [0.15, 0.2) is 12.1 Å². The third-order valence-electron chi connectivity index (χ3n) is 3.80. The van der Waals surface area contributed by atoms with Crippen LogP contribution in [0, 0.1) is 19.8 Å². The number of hydrogen-bond acceptors (Lipinski definition) is 2. The topological polar surface area (TPSA) is 52.3 Å². The van der Waals surface area contributed by atoms with Gasteiger partial charge in [-0.1, -0.05) is 6.07 Å². The molecule has 98 valence electrons. The Kier molecular flexibility index (Phi) is 3.60. The van der Waals surface area contributed by atoms with Crippen LogP contribution in [0.5, 0.6) is 5.75 Å². The Bertz CT molecular complexity index is 464. The molecule has 1 atom stereocenters. The number of carbonyl (C=O) groups is 1. The summed E-state index contributed by atoms with van der Waals surface area (Å²) < 4.78 is 5.33. The molecule has 2 rings (SSSR count). The predicted molar refractivity (Wildman–Crippen MR) is 71.7 cm³/mol. The summed E-state index contributed by atoms with van der Waals surface area (Å²) in [4.78, 5) is 11.2. The standard InChI is InChI=1S/C15H21NO2/c1-9-7-14(18-3)10(2)6-12(9)13(8-15(16)17)11-4-5-11/h6-7,11,13H,4-5,8H2,1-3H3,(H2,16,17). The lowest BCUT2D eigenvalue weighted by molar-refractivity contribution is -0.118. The normalized spacial score (nSPS) is 16.4. The zero-order valence-corrected chi connectivity index (χ0v) is 11.3. The van der Waals surface area contributed by atoms with Gasteiger partial charge in [0.2, 0.25) is 5.91 Å². The van der Waals surface area contributed by atoms with Gasteiger partial charge in [0.25, 0.3) is 0 Å². The van der Waals surface area contributed by atoms with Crippen molar-refractivity contribution in [3.8, 4) is 5.75 Å². The van der Waals surface area contributed by atoms with Gasteiger partial charge in [0.15, 0.2) is 0 Å². The van der Waals surface area contributed by atoms with Crippen LogP contribution in [-0.4, -0.2) is 13.0 Å². The molecule has 1 fully saturated rings. The van der Waals surface area contributed by atoms with Gasteiger partial charge >= 0.3 is 0 Å². The number of primary amides is 1. The van der Waals surface area contributed by atoms with E-state index in [4.69, 9.17) is 10.5 Å². The molecule has 0 radical (unpaired) electrons. The number of hydrogen-bond donors (Lipinski definition) is 1. The number of aryl methyl sites for hydroxylation is 2. The number of benzene rings is 1. The fraction of sp³-hybridized carbons (Fsp3) is 0.533. The van der Waals surface area contributed by atoms with E-state index in [0.29, 0.717) is 12.3 Å². The molecular formula is C15H21NO2. The molecule has 18 heavy (non-hydrogen) atoms. The van der Waals surface area contributed by atoms with E-state index in [0.717, 1.165) is 11.3 Å². The summed E-state index contributed by atoms with van der Waals surface area (Å²) in [5, 5.41) is 0. The maximum atomic E-state index is 11.2. The summed E-state index contributed by atoms with van der Waals surface area (Å²) in [6.45, 7) is 4.11. The van der Waals surface area contributed by atoms with Crippen molar-refractivity contribution in [2.45, 2.75) is 39.0 Å². The van der Waals surface area contributed by atoms with Gasteiger partial charge in [0.05, 0.1) is 7.11 Å². The SMILES string of the molecule is COc1cc(C)c(C(CC(N)=O)C2CC2)cc1C. The molecule has 1 aromatic carbocycles. The van der Waals surface area contributed by atoms with Crippen molar-refractivity contribution in [2.75, 3.05) is 7.11 Å². The second-order valence-corrected chi connectivity index (χ2v) is 5.29. The molecular weight excluding hydrogens is 226 g/mol. The summed E-state index contributed by atoms with van der Waals surface area (Å²) in [6, 6.07) is 4.21. The van der Waals surface area contributed by atoms with Gasteiger partial charge in [-0.3, -0.25) is 4.79 Å². The van der Waals surface area contributed by atoms with Crippen LogP contribution < -0.4 is 10.5 Å². The van der Waals surface area contributed by atoms with Gasteiger partial charge in [0.1, 0.15) is 5.75 Å². The van der Waals surface area contributed by atoms with Crippen molar-refractivity contribution >= 4 is 5.91 Å². The molecule has 0 aromatic heterocycles. The number of ether oxygens (including phenoxy) is 1. The third kappa shape index (κ3) is 2.66. The number of carbonyl (C=O) groups excluding carboxylic acids is 1. The minimum absolute atomic E-state index is 0.209. The van der Waals surface area contributed by atoms with E-state index >= 15 is 0 Å². The molecule has 3 nitrogen and oxygen atoms in total. The molecule has 1 amide bonds. The van der Waals surface area contributed by atoms with Crippen LogP contribution in [0.3, 0.4) is 0 Å². The molecule has 3 heteroatoms. The van der Waals surface area contributed by atoms with Crippen LogP contribution in [0.2, 0.25) is 0 Å². The highest BCUT2D eigenvalue weighted by molar-refractivity contribution is 5.75. The molecule has 1 aliphatic rings. The fourth-order valence-corrected chi connectivity index (χ4v) is 2.68. The van der Waals surface area contributed by atoms with E-state index in [1.807, 2.05) is 6.92 Å². The van der Waals surface area contributed by atoms with Gasteiger partial charge in [-0.15, -0.1) is 0 Å².